The minimum Gasteiger partial charge on any atom is -0.478 e. The van der Waals surface area contributed by atoms with Gasteiger partial charge in [-0.3, -0.25) is 0 Å². The Morgan fingerprint density at radius 1 is 1.09 bits per heavy atom. The van der Waals surface area contributed by atoms with Crippen LogP contribution in [-0.2, 0) is 11.0 Å². The molecule has 0 heterocycles. The van der Waals surface area contributed by atoms with Crippen molar-refractivity contribution >= 4 is 12.0 Å². The van der Waals surface area contributed by atoms with Crippen molar-refractivity contribution in [2.75, 3.05) is 0 Å². The van der Waals surface area contributed by atoms with Gasteiger partial charge in [-0.25, -0.2) is 9.18 Å². The van der Waals surface area contributed by atoms with Gasteiger partial charge >= 0.3 is 12.1 Å². The van der Waals surface area contributed by atoms with Crippen LogP contribution in [0.4, 0.5) is 17.6 Å². The molecule has 0 spiro atoms. The summed E-state index contributed by atoms with van der Waals surface area (Å²) in [5, 5.41) is 8.57. The predicted molar refractivity (Wildman–Crippen MR) is 73.5 cm³/mol. The van der Waals surface area contributed by atoms with Crippen molar-refractivity contribution in [3.8, 4) is 11.1 Å². The summed E-state index contributed by atoms with van der Waals surface area (Å²) in [7, 11) is 0. The molecule has 0 radical (unpaired) electrons. The van der Waals surface area contributed by atoms with E-state index in [9.17, 15) is 22.4 Å². The molecule has 0 saturated heterocycles. The highest BCUT2D eigenvalue weighted by Gasteiger charge is 2.32. The first-order valence-corrected chi connectivity index (χ1v) is 6.16. The second-order valence-corrected chi connectivity index (χ2v) is 4.45. The van der Waals surface area contributed by atoms with Crippen molar-refractivity contribution in [2.45, 2.75) is 6.18 Å². The maximum Gasteiger partial charge on any atom is 0.416 e. The van der Waals surface area contributed by atoms with E-state index in [4.69, 9.17) is 5.11 Å². The number of alkyl halides is 3. The third-order valence-corrected chi connectivity index (χ3v) is 2.95. The first-order valence-electron chi connectivity index (χ1n) is 6.16. The quantitative estimate of drug-likeness (QED) is 0.664. The molecule has 0 aliphatic rings. The maximum atomic E-state index is 13.7. The van der Waals surface area contributed by atoms with E-state index >= 15 is 0 Å². The molecule has 22 heavy (non-hydrogen) atoms. The Hall–Kier alpha value is -2.63. The molecule has 1 N–H and O–H groups in total. The Kier molecular flexibility index (Phi) is 4.30. The number of halogens is 4. The lowest BCUT2D eigenvalue weighted by molar-refractivity contribution is -0.138. The number of carbonyl (C=O) groups is 1. The summed E-state index contributed by atoms with van der Waals surface area (Å²) >= 11 is 0. The van der Waals surface area contributed by atoms with E-state index in [1.165, 1.54) is 18.2 Å². The van der Waals surface area contributed by atoms with Crippen LogP contribution >= 0.6 is 0 Å². The van der Waals surface area contributed by atoms with Crippen LogP contribution in [0.5, 0.6) is 0 Å². The van der Waals surface area contributed by atoms with Crippen molar-refractivity contribution in [2.24, 2.45) is 0 Å². The van der Waals surface area contributed by atoms with Crippen molar-refractivity contribution < 1.29 is 27.5 Å². The molecule has 2 aromatic rings. The van der Waals surface area contributed by atoms with E-state index in [1.807, 2.05) is 0 Å². The molecule has 0 saturated carbocycles. The summed E-state index contributed by atoms with van der Waals surface area (Å²) in [4.78, 5) is 10.5. The van der Waals surface area contributed by atoms with E-state index in [2.05, 4.69) is 0 Å². The zero-order valence-electron chi connectivity index (χ0n) is 11.1. The normalized spacial score (nSPS) is 11.8. The van der Waals surface area contributed by atoms with Crippen molar-refractivity contribution in [3.05, 3.63) is 65.5 Å². The largest absolute Gasteiger partial charge is 0.478 e. The maximum absolute atomic E-state index is 13.7. The standard InChI is InChI=1S/C16H10F4O2/c17-14-4-2-1-3-12(14)10-5-7-13(16(18,19)20)11(9-10)6-8-15(21)22/h1-9H,(H,21,22)/b8-6+. The van der Waals surface area contributed by atoms with Gasteiger partial charge in [0, 0.05) is 11.6 Å². The van der Waals surface area contributed by atoms with Gasteiger partial charge in [-0.1, -0.05) is 24.3 Å². The van der Waals surface area contributed by atoms with Gasteiger partial charge in [-0.2, -0.15) is 13.2 Å². The van der Waals surface area contributed by atoms with E-state index < -0.39 is 23.5 Å². The molecule has 0 unspecified atom stereocenters. The summed E-state index contributed by atoms with van der Waals surface area (Å²) in [6, 6.07) is 8.72. The third kappa shape index (κ3) is 3.52. The van der Waals surface area contributed by atoms with Crippen LogP contribution in [0, 0.1) is 5.82 Å². The monoisotopic (exact) mass is 310 g/mol. The second kappa shape index (κ2) is 6.01. The number of hydrogen-bond acceptors (Lipinski definition) is 1. The highest BCUT2D eigenvalue weighted by Crippen LogP contribution is 2.35. The number of rotatable bonds is 3. The lowest BCUT2D eigenvalue weighted by Gasteiger charge is -2.12. The molecule has 0 aliphatic carbocycles. The molecule has 114 valence electrons. The number of carboxylic acids is 1. The molecular formula is C16H10F4O2. The topological polar surface area (TPSA) is 37.3 Å². The fourth-order valence-corrected chi connectivity index (χ4v) is 1.98. The lowest BCUT2D eigenvalue weighted by atomic mass is 9.98. The van der Waals surface area contributed by atoms with Gasteiger partial charge in [0.1, 0.15) is 5.82 Å². The van der Waals surface area contributed by atoms with Gasteiger partial charge in [0.15, 0.2) is 0 Å². The Labute approximate surface area is 123 Å². The number of benzene rings is 2. The average Bonchev–Trinajstić information content (AvgIpc) is 2.44. The molecule has 0 atom stereocenters. The zero-order valence-corrected chi connectivity index (χ0v) is 11.1. The Bertz CT molecular complexity index is 733. The van der Waals surface area contributed by atoms with Crippen LogP contribution in [-0.4, -0.2) is 11.1 Å². The molecule has 0 aromatic heterocycles. The molecule has 2 nitrogen and oxygen atoms in total. The summed E-state index contributed by atoms with van der Waals surface area (Å²) in [6.45, 7) is 0. The van der Waals surface area contributed by atoms with Crippen molar-refractivity contribution in [3.63, 3.8) is 0 Å². The SMILES string of the molecule is O=C(O)/C=C/c1cc(-c2ccccc2F)ccc1C(F)(F)F. The number of aliphatic carboxylic acids is 1. The highest BCUT2D eigenvalue weighted by atomic mass is 19.4. The molecule has 2 aromatic carbocycles. The van der Waals surface area contributed by atoms with E-state index in [0.29, 0.717) is 6.08 Å². The molecule has 0 amide bonds. The van der Waals surface area contributed by atoms with Gasteiger partial charge in [-0.05, 0) is 35.4 Å². The fraction of sp³-hybridized carbons (Fsp3) is 0.0625. The molecular weight excluding hydrogens is 300 g/mol. The summed E-state index contributed by atoms with van der Waals surface area (Å²) in [6.07, 6.45) is -3.18. The second-order valence-electron chi connectivity index (χ2n) is 4.45. The smallest absolute Gasteiger partial charge is 0.416 e. The Morgan fingerprint density at radius 3 is 2.36 bits per heavy atom. The molecule has 2 rings (SSSR count). The molecule has 6 heteroatoms. The van der Waals surface area contributed by atoms with Gasteiger partial charge in [0.05, 0.1) is 5.56 Å². The van der Waals surface area contributed by atoms with Crippen LogP contribution in [0.2, 0.25) is 0 Å². The minimum absolute atomic E-state index is 0.140. The van der Waals surface area contributed by atoms with E-state index in [-0.39, 0.29) is 16.7 Å². The van der Waals surface area contributed by atoms with Crippen LogP contribution in [0.1, 0.15) is 11.1 Å². The van der Waals surface area contributed by atoms with Crippen molar-refractivity contribution in [1.29, 1.82) is 0 Å². The summed E-state index contributed by atoms with van der Waals surface area (Å²) in [5.74, 6) is -1.94. The molecule has 0 fully saturated rings. The van der Waals surface area contributed by atoms with Gasteiger partial charge in [0.25, 0.3) is 0 Å². The lowest BCUT2D eigenvalue weighted by Crippen LogP contribution is -2.07. The first kappa shape index (κ1) is 15.8. The van der Waals surface area contributed by atoms with Crippen molar-refractivity contribution in [1.82, 2.24) is 0 Å². The molecule has 0 aliphatic heterocycles. The van der Waals surface area contributed by atoms with E-state index in [0.717, 1.165) is 24.3 Å². The van der Waals surface area contributed by atoms with Gasteiger partial charge in [0.2, 0.25) is 0 Å². The highest BCUT2D eigenvalue weighted by molar-refractivity contribution is 5.86. The first-order chi connectivity index (χ1) is 10.3. The third-order valence-electron chi connectivity index (χ3n) is 2.95. The van der Waals surface area contributed by atoms with Gasteiger partial charge in [-0.15, -0.1) is 0 Å². The van der Waals surface area contributed by atoms with Gasteiger partial charge < -0.3 is 5.11 Å². The Morgan fingerprint density at radius 2 is 1.77 bits per heavy atom. The Balaban J connectivity index is 2.59. The average molecular weight is 310 g/mol. The van der Waals surface area contributed by atoms with Crippen LogP contribution in [0.15, 0.2) is 48.5 Å². The summed E-state index contributed by atoms with van der Waals surface area (Å²) < 4.78 is 52.5. The summed E-state index contributed by atoms with van der Waals surface area (Å²) in [5.41, 5.74) is -0.946. The number of hydrogen-bond donors (Lipinski definition) is 1. The zero-order chi connectivity index (χ0) is 16.3. The predicted octanol–water partition coefficient (Wildman–Crippen LogP) is 4.61. The molecule has 0 bridgehead atoms. The minimum atomic E-state index is -4.63. The van der Waals surface area contributed by atoms with Crippen LogP contribution in [0.25, 0.3) is 17.2 Å². The number of carboxylic acid groups (broad SMARTS) is 1. The fourth-order valence-electron chi connectivity index (χ4n) is 1.98. The van der Waals surface area contributed by atoms with Crippen LogP contribution in [0.3, 0.4) is 0 Å². The van der Waals surface area contributed by atoms with Crippen LogP contribution < -0.4 is 0 Å². The van der Waals surface area contributed by atoms with E-state index in [1.54, 1.807) is 6.07 Å².